The highest BCUT2D eigenvalue weighted by Crippen LogP contribution is 2.11. The molecule has 6 heteroatoms. The van der Waals surface area contributed by atoms with Gasteiger partial charge in [-0.25, -0.2) is 4.79 Å². The lowest BCUT2D eigenvalue weighted by Gasteiger charge is -2.32. The Hall–Kier alpha value is -1.30. The molecule has 0 aliphatic carbocycles. The molecule has 2 amide bonds. The van der Waals surface area contributed by atoms with Gasteiger partial charge in [0.25, 0.3) is 0 Å². The number of carbonyl (C=O) groups excluding carboxylic acids is 2. The summed E-state index contributed by atoms with van der Waals surface area (Å²) < 4.78 is 5.14. The summed E-state index contributed by atoms with van der Waals surface area (Å²) in [6.45, 7) is 11.4. The molecule has 0 aromatic rings. The van der Waals surface area contributed by atoms with Gasteiger partial charge in [0.2, 0.25) is 5.91 Å². The van der Waals surface area contributed by atoms with E-state index in [0.717, 1.165) is 32.5 Å². The molecular formula is C17H33N3O3. The Bertz CT molecular complexity index is 372. The first-order valence-corrected chi connectivity index (χ1v) is 8.78. The van der Waals surface area contributed by atoms with E-state index in [4.69, 9.17) is 4.74 Å². The number of hydrogen-bond donors (Lipinski definition) is 2. The van der Waals surface area contributed by atoms with Crippen molar-refractivity contribution >= 4 is 12.0 Å². The Morgan fingerprint density at radius 1 is 1.22 bits per heavy atom. The SMILES string of the molecule is CCCN1CCC(NC(=O)CCCNC(=O)OC(C)(C)C)CC1. The summed E-state index contributed by atoms with van der Waals surface area (Å²) in [5.74, 6) is 0.0740. The summed E-state index contributed by atoms with van der Waals surface area (Å²) in [4.78, 5) is 25.8. The Kier molecular flexibility index (Phi) is 8.37. The number of likely N-dealkylation sites (tertiary alicyclic amines) is 1. The monoisotopic (exact) mass is 327 g/mol. The van der Waals surface area contributed by atoms with Gasteiger partial charge in [-0.3, -0.25) is 4.79 Å². The van der Waals surface area contributed by atoms with Crippen molar-refractivity contribution in [2.24, 2.45) is 0 Å². The minimum Gasteiger partial charge on any atom is -0.444 e. The molecule has 0 saturated carbocycles. The summed E-state index contributed by atoms with van der Waals surface area (Å²) in [5.41, 5.74) is -0.492. The number of carbonyl (C=O) groups is 2. The molecule has 1 fully saturated rings. The van der Waals surface area contributed by atoms with E-state index in [1.165, 1.54) is 6.42 Å². The molecule has 1 saturated heterocycles. The van der Waals surface area contributed by atoms with Crippen molar-refractivity contribution in [2.45, 2.75) is 71.4 Å². The third kappa shape index (κ3) is 9.43. The van der Waals surface area contributed by atoms with Gasteiger partial charge in [-0.1, -0.05) is 6.92 Å². The van der Waals surface area contributed by atoms with Gasteiger partial charge in [0.15, 0.2) is 0 Å². The van der Waals surface area contributed by atoms with Gasteiger partial charge >= 0.3 is 6.09 Å². The largest absolute Gasteiger partial charge is 0.444 e. The summed E-state index contributed by atoms with van der Waals surface area (Å²) >= 11 is 0. The molecule has 0 bridgehead atoms. The van der Waals surface area contributed by atoms with Gasteiger partial charge in [-0.2, -0.15) is 0 Å². The van der Waals surface area contributed by atoms with Crippen LogP contribution in [0.4, 0.5) is 4.79 Å². The summed E-state index contributed by atoms with van der Waals surface area (Å²) in [6.07, 6.45) is 3.87. The zero-order valence-electron chi connectivity index (χ0n) is 15.1. The highest BCUT2D eigenvalue weighted by atomic mass is 16.6. The highest BCUT2D eigenvalue weighted by molar-refractivity contribution is 5.76. The van der Waals surface area contributed by atoms with Crippen molar-refractivity contribution in [2.75, 3.05) is 26.2 Å². The molecule has 0 aromatic heterocycles. The second-order valence-electron chi connectivity index (χ2n) is 7.22. The lowest BCUT2D eigenvalue weighted by Crippen LogP contribution is -2.44. The fourth-order valence-electron chi connectivity index (χ4n) is 2.67. The average Bonchev–Trinajstić information content (AvgIpc) is 2.44. The standard InChI is InChI=1S/C17H33N3O3/c1-5-11-20-12-8-14(9-13-20)19-15(21)7-6-10-18-16(22)23-17(2,3)4/h14H,5-13H2,1-4H3,(H,18,22)(H,19,21). The Labute approximate surface area is 140 Å². The number of hydrogen-bond acceptors (Lipinski definition) is 4. The van der Waals surface area contributed by atoms with Gasteiger partial charge in [0, 0.05) is 32.1 Å². The minimum atomic E-state index is -0.492. The minimum absolute atomic E-state index is 0.0740. The van der Waals surface area contributed by atoms with Crippen molar-refractivity contribution < 1.29 is 14.3 Å². The van der Waals surface area contributed by atoms with Crippen LogP contribution in [0, 0.1) is 0 Å². The molecule has 0 atom stereocenters. The van der Waals surface area contributed by atoms with Crippen molar-refractivity contribution in [3.63, 3.8) is 0 Å². The predicted octanol–water partition coefficient (Wildman–Crippen LogP) is 2.28. The molecule has 23 heavy (non-hydrogen) atoms. The van der Waals surface area contributed by atoms with Gasteiger partial charge in [0.1, 0.15) is 5.60 Å². The fraction of sp³-hybridized carbons (Fsp3) is 0.882. The topological polar surface area (TPSA) is 70.7 Å². The van der Waals surface area contributed by atoms with Crippen LogP contribution < -0.4 is 10.6 Å². The van der Waals surface area contributed by atoms with E-state index in [1.807, 2.05) is 20.8 Å². The van der Waals surface area contributed by atoms with E-state index < -0.39 is 11.7 Å². The third-order valence-electron chi connectivity index (χ3n) is 3.74. The molecular weight excluding hydrogens is 294 g/mol. The predicted molar refractivity (Wildman–Crippen MR) is 91.4 cm³/mol. The Balaban J connectivity index is 2.08. The second-order valence-corrected chi connectivity index (χ2v) is 7.22. The van der Waals surface area contributed by atoms with Crippen LogP contribution in [-0.4, -0.2) is 54.7 Å². The zero-order valence-corrected chi connectivity index (χ0v) is 15.1. The normalized spacial score (nSPS) is 16.9. The van der Waals surface area contributed by atoms with Gasteiger partial charge in [0.05, 0.1) is 0 Å². The van der Waals surface area contributed by atoms with Crippen molar-refractivity contribution in [3.8, 4) is 0 Å². The first-order valence-electron chi connectivity index (χ1n) is 8.78. The van der Waals surface area contributed by atoms with Crippen LogP contribution in [0.25, 0.3) is 0 Å². The van der Waals surface area contributed by atoms with Crippen LogP contribution in [0.15, 0.2) is 0 Å². The fourth-order valence-corrected chi connectivity index (χ4v) is 2.67. The quantitative estimate of drug-likeness (QED) is 0.704. The number of nitrogens with zero attached hydrogens (tertiary/aromatic N) is 1. The highest BCUT2D eigenvalue weighted by Gasteiger charge is 2.20. The number of ether oxygens (including phenoxy) is 1. The van der Waals surface area contributed by atoms with E-state index >= 15 is 0 Å². The second kappa shape index (κ2) is 9.75. The summed E-state index contributed by atoms with van der Waals surface area (Å²) in [5, 5.41) is 5.77. The molecule has 0 radical (unpaired) electrons. The van der Waals surface area contributed by atoms with Crippen molar-refractivity contribution in [3.05, 3.63) is 0 Å². The maximum Gasteiger partial charge on any atom is 0.407 e. The number of nitrogens with one attached hydrogen (secondary N) is 2. The van der Waals surface area contributed by atoms with Crippen molar-refractivity contribution in [1.82, 2.24) is 15.5 Å². The van der Waals surface area contributed by atoms with Crippen LogP contribution in [0.5, 0.6) is 0 Å². The molecule has 1 rings (SSSR count). The van der Waals surface area contributed by atoms with Gasteiger partial charge in [-0.05, 0) is 53.0 Å². The van der Waals surface area contributed by atoms with Crippen LogP contribution in [0.2, 0.25) is 0 Å². The maximum atomic E-state index is 11.9. The Morgan fingerprint density at radius 2 is 1.87 bits per heavy atom. The first-order chi connectivity index (χ1) is 10.8. The van der Waals surface area contributed by atoms with Crippen LogP contribution in [0.1, 0.15) is 59.8 Å². The maximum absolute atomic E-state index is 11.9. The molecule has 2 N–H and O–H groups in total. The van der Waals surface area contributed by atoms with Gasteiger partial charge < -0.3 is 20.3 Å². The molecule has 1 aliphatic rings. The number of alkyl carbamates (subject to hydrolysis) is 1. The van der Waals surface area contributed by atoms with E-state index in [0.29, 0.717) is 25.4 Å². The van der Waals surface area contributed by atoms with Gasteiger partial charge in [-0.15, -0.1) is 0 Å². The molecule has 1 aliphatic heterocycles. The van der Waals surface area contributed by atoms with Crippen LogP contribution in [-0.2, 0) is 9.53 Å². The molecule has 0 spiro atoms. The number of piperidine rings is 1. The van der Waals surface area contributed by atoms with E-state index in [1.54, 1.807) is 0 Å². The van der Waals surface area contributed by atoms with Crippen LogP contribution in [0.3, 0.4) is 0 Å². The zero-order chi connectivity index (χ0) is 17.3. The number of amides is 2. The average molecular weight is 327 g/mol. The van der Waals surface area contributed by atoms with E-state index in [9.17, 15) is 9.59 Å². The number of rotatable bonds is 7. The summed E-state index contributed by atoms with van der Waals surface area (Å²) in [6, 6.07) is 0.300. The third-order valence-corrected chi connectivity index (χ3v) is 3.74. The lowest BCUT2D eigenvalue weighted by atomic mass is 10.0. The smallest absolute Gasteiger partial charge is 0.407 e. The molecule has 6 nitrogen and oxygen atoms in total. The molecule has 1 heterocycles. The van der Waals surface area contributed by atoms with Crippen LogP contribution >= 0.6 is 0 Å². The summed E-state index contributed by atoms with van der Waals surface area (Å²) in [7, 11) is 0. The first kappa shape index (κ1) is 19.7. The molecule has 0 aromatic carbocycles. The lowest BCUT2D eigenvalue weighted by molar-refractivity contribution is -0.122. The molecule has 0 unspecified atom stereocenters. The van der Waals surface area contributed by atoms with Crippen molar-refractivity contribution in [1.29, 1.82) is 0 Å². The van der Waals surface area contributed by atoms with E-state index in [-0.39, 0.29) is 5.91 Å². The molecule has 134 valence electrons. The Morgan fingerprint density at radius 3 is 2.43 bits per heavy atom. The van der Waals surface area contributed by atoms with E-state index in [2.05, 4.69) is 22.5 Å².